The molecule has 3 aromatic rings. The number of aromatic nitrogens is 1. The smallest absolute Gasteiger partial charge is 0.240 e. The molecular weight excluding hydrogens is 444 g/mol. The van der Waals surface area contributed by atoms with Crippen LogP contribution in [0.2, 0.25) is 0 Å². The van der Waals surface area contributed by atoms with Crippen molar-refractivity contribution in [3.05, 3.63) is 77.5 Å². The molecule has 180 valence electrons. The number of ether oxygens (including phenoxy) is 2. The predicted octanol–water partition coefficient (Wildman–Crippen LogP) is 3.84. The highest BCUT2D eigenvalue weighted by Crippen LogP contribution is 2.32. The number of hydrogen-bond donors (Lipinski definition) is 1. The van der Waals surface area contributed by atoms with Crippen LogP contribution in [-0.2, 0) is 22.6 Å². The molecule has 8 nitrogen and oxygen atoms in total. The molecule has 2 heterocycles. The van der Waals surface area contributed by atoms with Crippen LogP contribution < -0.4 is 19.7 Å². The second kappa shape index (κ2) is 10.8. The number of anilines is 1. The van der Waals surface area contributed by atoms with Gasteiger partial charge in [0.1, 0.15) is 12.2 Å². The van der Waals surface area contributed by atoms with Gasteiger partial charge in [-0.25, -0.2) is 9.98 Å². The number of benzene rings is 2. The fourth-order valence-corrected chi connectivity index (χ4v) is 3.97. The van der Waals surface area contributed by atoms with E-state index in [-0.39, 0.29) is 31.3 Å². The van der Waals surface area contributed by atoms with E-state index in [0.717, 1.165) is 17.5 Å². The molecular formula is C27H28N4O4. The number of pyridine rings is 1. The molecule has 0 unspecified atom stereocenters. The number of hydrogen-bond acceptors (Lipinski definition) is 6. The van der Waals surface area contributed by atoms with Crippen LogP contribution in [0.15, 0.2) is 65.8 Å². The Morgan fingerprint density at radius 2 is 1.86 bits per heavy atom. The number of aliphatic imine (C=N–C) groups is 1. The molecule has 0 bridgehead atoms. The summed E-state index contributed by atoms with van der Waals surface area (Å²) in [5.41, 5.74) is 4.05. The van der Waals surface area contributed by atoms with Crippen molar-refractivity contribution in [3.63, 3.8) is 0 Å². The number of amides is 2. The molecule has 8 heteroatoms. The third-order valence-corrected chi connectivity index (χ3v) is 5.85. The fraction of sp³-hybridized carbons (Fsp3) is 0.259. The molecule has 1 N–H and O–H groups in total. The summed E-state index contributed by atoms with van der Waals surface area (Å²) in [6, 6.07) is 17.1. The maximum Gasteiger partial charge on any atom is 0.240 e. The fourth-order valence-electron chi connectivity index (χ4n) is 3.97. The first kappa shape index (κ1) is 23.9. The monoisotopic (exact) mass is 472 g/mol. The molecule has 2 amide bonds. The van der Waals surface area contributed by atoms with Gasteiger partial charge in [0.25, 0.3) is 0 Å². The number of methoxy groups -OCH3 is 2. The van der Waals surface area contributed by atoms with Crippen LogP contribution in [0.5, 0.6) is 11.5 Å². The molecule has 0 saturated heterocycles. The Hall–Kier alpha value is -4.20. The molecule has 0 radical (unpaired) electrons. The molecule has 1 aliphatic rings. The minimum Gasteiger partial charge on any atom is -0.493 e. The summed E-state index contributed by atoms with van der Waals surface area (Å²) < 4.78 is 10.8. The van der Waals surface area contributed by atoms with Crippen LogP contribution in [0, 0.1) is 0 Å². The van der Waals surface area contributed by atoms with Gasteiger partial charge in [-0.05, 0) is 35.7 Å². The number of para-hydroxylation sites is 1. The molecule has 35 heavy (non-hydrogen) atoms. The first-order valence-electron chi connectivity index (χ1n) is 11.4. The van der Waals surface area contributed by atoms with E-state index in [4.69, 9.17) is 14.5 Å². The van der Waals surface area contributed by atoms with E-state index in [1.54, 1.807) is 38.6 Å². The van der Waals surface area contributed by atoms with Crippen molar-refractivity contribution in [2.24, 2.45) is 4.99 Å². The summed E-state index contributed by atoms with van der Waals surface area (Å²) in [5.74, 6) is 0.939. The first-order chi connectivity index (χ1) is 17.0. The average molecular weight is 473 g/mol. The standard InChI is InChI=1S/C27H28N4O4/c1-4-18-10-12-19(13-11-18)22-15-25(33)31(27-21(30-22)8-6-14-28-27)17-24(32)29-16-20-7-5-9-23(34-2)26(20)35-3/h5-14H,4,15-17H2,1-3H3,(H,29,32). The summed E-state index contributed by atoms with van der Waals surface area (Å²) in [6.07, 6.45) is 2.59. The van der Waals surface area contributed by atoms with E-state index in [0.29, 0.717) is 28.7 Å². The number of carbonyl (C=O) groups excluding carboxylic acids is 2. The van der Waals surface area contributed by atoms with E-state index in [1.165, 1.54) is 10.5 Å². The van der Waals surface area contributed by atoms with Gasteiger partial charge in [0.05, 0.1) is 26.4 Å². The Morgan fingerprint density at radius 1 is 1.06 bits per heavy atom. The number of nitrogens with zero attached hydrogens (tertiary/aromatic N) is 3. The Balaban J connectivity index is 1.52. The van der Waals surface area contributed by atoms with Crippen molar-refractivity contribution in [3.8, 4) is 11.5 Å². The number of nitrogens with one attached hydrogen (secondary N) is 1. The normalized spacial score (nSPS) is 12.9. The van der Waals surface area contributed by atoms with Crippen LogP contribution in [0.25, 0.3) is 0 Å². The van der Waals surface area contributed by atoms with Gasteiger partial charge in [0.15, 0.2) is 17.3 Å². The molecule has 0 aliphatic carbocycles. The quantitative estimate of drug-likeness (QED) is 0.538. The molecule has 4 rings (SSSR count). The lowest BCUT2D eigenvalue weighted by atomic mass is 10.0. The van der Waals surface area contributed by atoms with Gasteiger partial charge in [-0.15, -0.1) is 0 Å². The summed E-state index contributed by atoms with van der Waals surface area (Å²) in [5, 5.41) is 2.87. The van der Waals surface area contributed by atoms with Gasteiger partial charge >= 0.3 is 0 Å². The highest BCUT2D eigenvalue weighted by atomic mass is 16.5. The van der Waals surface area contributed by atoms with Crippen LogP contribution in [-0.4, -0.2) is 43.3 Å². The van der Waals surface area contributed by atoms with E-state index in [9.17, 15) is 9.59 Å². The van der Waals surface area contributed by atoms with Crippen molar-refractivity contribution in [2.45, 2.75) is 26.3 Å². The lowest BCUT2D eigenvalue weighted by Gasteiger charge is -2.21. The number of aryl methyl sites for hydroxylation is 1. The van der Waals surface area contributed by atoms with E-state index in [2.05, 4.69) is 17.2 Å². The zero-order chi connectivity index (χ0) is 24.8. The highest BCUT2D eigenvalue weighted by molar-refractivity contribution is 6.18. The predicted molar refractivity (Wildman–Crippen MR) is 135 cm³/mol. The van der Waals surface area contributed by atoms with Gasteiger partial charge in [0, 0.05) is 18.3 Å². The SMILES string of the molecule is CCc1ccc(C2=Nc3cccnc3N(CC(=O)NCc3cccc(OC)c3OC)C(=O)C2)cc1. The van der Waals surface area contributed by atoms with Gasteiger partial charge in [0.2, 0.25) is 11.8 Å². The second-order valence-electron chi connectivity index (χ2n) is 8.04. The maximum absolute atomic E-state index is 13.3. The van der Waals surface area contributed by atoms with Crippen molar-refractivity contribution in [1.82, 2.24) is 10.3 Å². The Bertz CT molecular complexity index is 1250. The Labute approximate surface area is 204 Å². The molecule has 0 saturated carbocycles. The highest BCUT2D eigenvalue weighted by Gasteiger charge is 2.27. The van der Waals surface area contributed by atoms with E-state index < -0.39 is 0 Å². The van der Waals surface area contributed by atoms with E-state index in [1.807, 2.05) is 36.4 Å². The zero-order valence-electron chi connectivity index (χ0n) is 20.1. The topological polar surface area (TPSA) is 93.1 Å². The van der Waals surface area contributed by atoms with Crippen LogP contribution >= 0.6 is 0 Å². The van der Waals surface area contributed by atoms with Gasteiger partial charge in [-0.2, -0.15) is 0 Å². The zero-order valence-corrected chi connectivity index (χ0v) is 20.1. The van der Waals surface area contributed by atoms with Crippen molar-refractivity contribution < 1.29 is 19.1 Å². The van der Waals surface area contributed by atoms with Gasteiger partial charge < -0.3 is 14.8 Å². The summed E-state index contributed by atoms with van der Waals surface area (Å²) in [7, 11) is 3.11. The lowest BCUT2D eigenvalue weighted by Crippen LogP contribution is -2.41. The summed E-state index contributed by atoms with van der Waals surface area (Å²) >= 11 is 0. The van der Waals surface area contributed by atoms with Crippen molar-refractivity contribution in [2.75, 3.05) is 25.7 Å². The third-order valence-electron chi connectivity index (χ3n) is 5.85. The van der Waals surface area contributed by atoms with Crippen LogP contribution in [0.3, 0.4) is 0 Å². The number of carbonyl (C=O) groups is 2. The minimum atomic E-state index is -0.324. The molecule has 0 atom stereocenters. The Kier molecular flexibility index (Phi) is 7.40. The third kappa shape index (κ3) is 5.32. The molecule has 1 aromatic heterocycles. The second-order valence-corrected chi connectivity index (χ2v) is 8.04. The number of fused-ring (bicyclic) bond motifs is 1. The van der Waals surface area contributed by atoms with Crippen molar-refractivity contribution >= 4 is 29.0 Å². The van der Waals surface area contributed by atoms with Crippen molar-refractivity contribution in [1.29, 1.82) is 0 Å². The molecule has 0 spiro atoms. The summed E-state index contributed by atoms with van der Waals surface area (Å²) in [4.78, 5) is 36.7. The number of rotatable bonds is 8. The molecule has 2 aromatic carbocycles. The average Bonchev–Trinajstić information content (AvgIpc) is 3.03. The Morgan fingerprint density at radius 3 is 2.57 bits per heavy atom. The van der Waals surface area contributed by atoms with Gasteiger partial charge in [-0.3, -0.25) is 14.5 Å². The van der Waals surface area contributed by atoms with E-state index >= 15 is 0 Å². The van der Waals surface area contributed by atoms with Gasteiger partial charge in [-0.1, -0.05) is 43.3 Å². The molecule has 0 fully saturated rings. The van der Waals surface area contributed by atoms with Crippen LogP contribution in [0.4, 0.5) is 11.5 Å². The molecule has 1 aliphatic heterocycles. The summed E-state index contributed by atoms with van der Waals surface area (Å²) in [6.45, 7) is 2.14. The largest absolute Gasteiger partial charge is 0.493 e. The lowest BCUT2D eigenvalue weighted by molar-refractivity contribution is -0.123. The minimum absolute atomic E-state index is 0.0683. The first-order valence-corrected chi connectivity index (χ1v) is 11.4. The maximum atomic E-state index is 13.3. The van der Waals surface area contributed by atoms with Crippen LogP contribution in [0.1, 0.15) is 30.0 Å².